The van der Waals surface area contributed by atoms with Gasteiger partial charge in [0.05, 0.1) is 18.8 Å². The summed E-state index contributed by atoms with van der Waals surface area (Å²) in [4.78, 5) is 10.6. The summed E-state index contributed by atoms with van der Waals surface area (Å²) in [5, 5.41) is 0.317. The second kappa shape index (κ2) is 4.24. The molecule has 0 N–H and O–H groups in total. The van der Waals surface area contributed by atoms with Crippen molar-refractivity contribution >= 4 is 17.4 Å². The molecule has 0 aromatic carbocycles. The summed E-state index contributed by atoms with van der Waals surface area (Å²) in [6, 6.07) is 2.03. The number of nitrogens with zero attached hydrogens (tertiary/aromatic N) is 3. The first-order valence-electron chi connectivity index (χ1n) is 6.81. The van der Waals surface area contributed by atoms with Crippen LogP contribution in [0.25, 0.3) is 0 Å². The van der Waals surface area contributed by atoms with E-state index < -0.39 is 11.8 Å². The molecular formula is C13H14ClF2N3O. The largest absolute Gasteiger partial charge is 0.374 e. The third kappa shape index (κ3) is 2.15. The molecule has 2 saturated heterocycles. The number of hydrogen-bond donors (Lipinski definition) is 0. The summed E-state index contributed by atoms with van der Waals surface area (Å²) >= 11 is 6.01. The quantitative estimate of drug-likeness (QED) is 0.803. The summed E-state index contributed by atoms with van der Waals surface area (Å²) in [5.74, 6) is -2.03. The van der Waals surface area contributed by atoms with Crippen molar-refractivity contribution in [2.45, 2.75) is 37.3 Å². The fraction of sp³-hybridized carbons (Fsp3) is 0.692. The summed E-state index contributed by atoms with van der Waals surface area (Å²) < 4.78 is 31.5. The number of hydrogen-bond acceptors (Lipinski definition) is 4. The van der Waals surface area contributed by atoms with Gasteiger partial charge >= 0.3 is 0 Å². The zero-order valence-electron chi connectivity index (χ0n) is 10.7. The van der Waals surface area contributed by atoms with Crippen LogP contribution in [0.1, 0.15) is 18.7 Å². The molecule has 108 valence electrons. The van der Waals surface area contributed by atoms with Crippen molar-refractivity contribution in [3.8, 4) is 0 Å². The molecule has 3 unspecified atom stereocenters. The highest BCUT2D eigenvalue weighted by molar-refractivity contribution is 6.29. The standard InChI is InChI=1S/C13H14ClF2N3O/c14-10-3-12(19-5-9-2-8(19)6-20-9)18-11(17-10)1-7-4-13(7,15)16/h3,7-9H,1-2,4-6H2. The van der Waals surface area contributed by atoms with Crippen LogP contribution in [0.5, 0.6) is 0 Å². The average molecular weight is 302 g/mol. The van der Waals surface area contributed by atoms with E-state index in [-0.39, 0.29) is 18.9 Å². The molecule has 1 aromatic rings. The maximum Gasteiger partial charge on any atom is 0.252 e. The third-order valence-corrected chi connectivity index (χ3v) is 4.50. The fourth-order valence-electron chi connectivity index (χ4n) is 3.08. The first kappa shape index (κ1) is 12.7. The van der Waals surface area contributed by atoms with E-state index in [1.54, 1.807) is 6.07 Å². The molecule has 4 rings (SSSR count). The number of rotatable bonds is 3. The van der Waals surface area contributed by atoms with Gasteiger partial charge in [0.15, 0.2) is 0 Å². The van der Waals surface area contributed by atoms with Gasteiger partial charge in [-0.2, -0.15) is 0 Å². The average Bonchev–Trinajstić information content (AvgIpc) is 2.82. The molecule has 2 aliphatic heterocycles. The number of fused-ring (bicyclic) bond motifs is 2. The number of ether oxygens (including phenoxy) is 1. The Morgan fingerprint density at radius 3 is 2.85 bits per heavy atom. The predicted octanol–water partition coefficient (Wildman–Crippen LogP) is 2.31. The van der Waals surface area contributed by atoms with Crippen molar-refractivity contribution in [3.63, 3.8) is 0 Å². The van der Waals surface area contributed by atoms with Crippen molar-refractivity contribution in [1.82, 2.24) is 9.97 Å². The van der Waals surface area contributed by atoms with Gasteiger partial charge in [0.25, 0.3) is 5.92 Å². The van der Waals surface area contributed by atoms with Crippen LogP contribution < -0.4 is 4.90 Å². The minimum absolute atomic E-state index is 0.0690. The summed E-state index contributed by atoms with van der Waals surface area (Å²) in [7, 11) is 0. The molecule has 4 nitrogen and oxygen atoms in total. The lowest BCUT2D eigenvalue weighted by Crippen LogP contribution is -2.37. The first-order valence-corrected chi connectivity index (χ1v) is 7.18. The van der Waals surface area contributed by atoms with Gasteiger partial charge in [-0.25, -0.2) is 18.7 Å². The molecule has 1 saturated carbocycles. The smallest absolute Gasteiger partial charge is 0.252 e. The highest BCUT2D eigenvalue weighted by atomic mass is 35.5. The van der Waals surface area contributed by atoms with Gasteiger partial charge in [0, 0.05) is 31.4 Å². The van der Waals surface area contributed by atoms with Gasteiger partial charge in [-0.05, 0) is 6.42 Å². The minimum Gasteiger partial charge on any atom is -0.374 e. The SMILES string of the molecule is FC1(F)CC1Cc1nc(Cl)cc(N2CC3CC2CO3)n1. The van der Waals surface area contributed by atoms with Gasteiger partial charge in [-0.3, -0.25) is 0 Å². The first-order chi connectivity index (χ1) is 9.51. The number of anilines is 1. The normalized spacial score (nSPS) is 33.8. The van der Waals surface area contributed by atoms with Crippen molar-refractivity contribution in [2.75, 3.05) is 18.1 Å². The molecule has 0 spiro atoms. The Labute approximate surface area is 120 Å². The van der Waals surface area contributed by atoms with E-state index in [9.17, 15) is 8.78 Å². The lowest BCUT2D eigenvalue weighted by molar-refractivity contribution is 0.0983. The molecule has 3 fully saturated rings. The molecule has 0 amide bonds. The van der Waals surface area contributed by atoms with Crippen LogP contribution in [-0.2, 0) is 11.2 Å². The van der Waals surface area contributed by atoms with Crippen molar-refractivity contribution in [1.29, 1.82) is 0 Å². The zero-order valence-corrected chi connectivity index (χ0v) is 11.5. The predicted molar refractivity (Wildman–Crippen MR) is 69.3 cm³/mol. The molecule has 7 heteroatoms. The van der Waals surface area contributed by atoms with Crippen molar-refractivity contribution < 1.29 is 13.5 Å². The Hall–Kier alpha value is -1.01. The molecule has 1 aromatic heterocycles. The molecule has 3 atom stereocenters. The maximum absolute atomic E-state index is 13.0. The van der Waals surface area contributed by atoms with E-state index in [1.165, 1.54) is 0 Å². The van der Waals surface area contributed by atoms with E-state index >= 15 is 0 Å². The second-order valence-corrected chi connectivity index (χ2v) is 6.22. The molecule has 3 aliphatic rings. The van der Waals surface area contributed by atoms with Gasteiger partial charge in [0.2, 0.25) is 0 Å². The number of aromatic nitrogens is 2. The number of halogens is 3. The Balaban J connectivity index is 1.56. The Morgan fingerprint density at radius 2 is 2.25 bits per heavy atom. The lowest BCUT2D eigenvalue weighted by Gasteiger charge is -2.28. The van der Waals surface area contributed by atoms with Crippen LogP contribution in [0.3, 0.4) is 0 Å². The maximum atomic E-state index is 13.0. The van der Waals surface area contributed by atoms with Crippen LogP contribution in [0, 0.1) is 5.92 Å². The van der Waals surface area contributed by atoms with E-state index in [0.29, 0.717) is 23.6 Å². The van der Waals surface area contributed by atoms with Crippen LogP contribution in [0.2, 0.25) is 5.15 Å². The molecule has 3 heterocycles. The third-order valence-electron chi connectivity index (χ3n) is 4.31. The van der Waals surface area contributed by atoms with Gasteiger partial charge in [0.1, 0.15) is 16.8 Å². The highest BCUT2D eigenvalue weighted by Crippen LogP contribution is 2.50. The Bertz CT molecular complexity index is 556. The highest BCUT2D eigenvalue weighted by Gasteiger charge is 2.56. The number of morpholine rings is 1. The summed E-state index contributed by atoms with van der Waals surface area (Å²) in [5.41, 5.74) is 0. The lowest BCUT2D eigenvalue weighted by atomic mass is 10.2. The van der Waals surface area contributed by atoms with Crippen molar-refractivity contribution in [2.24, 2.45) is 5.92 Å². The molecular weight excluding hydrogens is 288 g/mol. The summed E-state index contributed by atoms with van der Waals surface area (Å²) in [6.45, 7) is 1.49. The molecule has 0 radical (unpaired) electrons. The molecule has 2 bridgehead atoms. The fourth-order valence-corrected chi connectivity index (χ4v) is 3.28. The molecule has 20 heavy (non-hydrogen) atoms. The van der Waals surface area contributed by atoms with Gasteiger partial charge in [-0.1, -0.05) is 11.6 Å². The van der Waals surface area contributed by atoms with Crippen LogP contribution in [-0.4, -0.2) is 41.2 Å². The Morgan fingerprint density at radius 1 is 1.45 bits per heavy atom. The van der Waals surface area contributed by atoms with Crippen LogP contribution >= 0.6 is 11.6 Å². The van der Waals surface area contributed by atoms with Crippen molar-refractivity contribution in [3.05, 3.63) is 17.0 Å². The monoisotopic (exact) mass is 301 g/mol. The van der Waals surface area contributed by atoms with E-state index in [0.717, 1.165) is 18.8 Å². The zero-order chi connectivity index (χ0) is 13.9. The second-order valence-electron chi connectivity index (χ2n) is 5.83. The van der Waals surface area contributed by atoms with E-state index in [1.807, 2.05) is 0 Å². The van der Waals surface area contributed by atoms with Crippen LogP contribution in [0.15, 0.2) is 6.07 Å². The number of alkyl halides is 2. The van der Waals surface area contributed by atoms with Gasteiger partial charge < -0.3 is 9.64 Å². The Kier molecular flexibility index (Phi) is 2.70. The van der Waals surface area contributed by atoms with Gasteiger partial charge in [-0.15, -0.1) is 0 Å². The van der Waals surface area contributed by atoms with Crippen LogP contribution in [0.4, 0.5) is 14.6 Å². The molecule has 1 aliphatic carbocycles. The van der Waals surface area contributed by atoms with E-state index in [2.05, 4.69) is 14.9 Å². The topological polar surface area (TPSA) is 38.2 Å². The summed E-state index contributed by atoms with van der Waals surface area (Å²) in [6.07, 6.45) is 1.38. The minimum atomic E-state index is -2.55. The van der Waals surface area contributed by atoms with E-state index in [4.69, 9.17) is 16.3 Å².